The molecule has 0 unspecified atom stereocenters. The fraction of sp³-hybridized carbons (Fsp3) is 0.0625. The third-order valence-corrected chi connectivity index (χ3v) is 3.75. The summed E-state index contributed by atoms with van der Waals surface area (Å²) in [5.74, 6) is 0. The van der Waals surface area contributed by atoms with Crippen LogP contribution in [0.3, 0.4) is 0 Å². The van der Waals surface area contributed by atoms with Gasteiger partial charge in [-0.1, -0.05) is 54.1 Å². The molecule has 110 valence electrons. The second-order valence-corrected chi connectivity index (χ2v) is 5.25. The Labute approximate surface area is 131 Å². The van der Waals surface area contributed by atoms with Crippen molar-refractivity contribution in [3.63, 3.8) is 0 Å². The number of aromatic nitrogens is 1. The lowest BCUT2D eigenvalue weighted by atomic mass is 9.99. The zero-order chi connectivity index (χ0) is 15.7. The molecule has 5 nitrogen and oxygen atoms in total. The van der Waals surface area contributed by atoms with E-state index in [2.05, 4.69) is 4.98 Å². The molecule has 0 aliphatic rings. The number of nitro groups is 1. The molecule has 0 bridgehead atoms. The van der Waals surface area contributed by atoms with Crippen LogP contribution in [0.1, 0.15) is 11.1 Å². The number of nitrogens with two attached hydrogens (primary N) is 1. The Balaban J connectivity index is 2.23. The smallest absolute Gasteiger partial charge is 0.329 e. The highest BCUT2D eigenvalue weighted by Crippen LogP contribution is 2.37. The van der Waals surface area contributed by atoms with Gasteiger partial charge in [0.05, 0.1) is 10.4 Å². The number of benzene rings is 2. The van der Waals surface area contributed by atoms with Crippen molar-refractivity contribution in [2.75, 3.05) is 5.73 Å². The van der Waals surface area contributed by atoms with E-state index in [1.165, 1.54) is 0 Å². The quantitative estimate of drug-likeness (QED) is 0.450. The maximum absolute atomic E-state index is 11.2. The molecule has 6 heteroatoms. The van der Waals surface area contributed by atoms with E-state index in [4.69, 9.17) is 17.3 Å². The van der Waals surface area contributed by atoms with Gasteiger partial charge in [-0.2, -0.15) is 0 Å². The third-order valence-electron chi connectivity index (χ3n) is 3.49. The molecule has 3 aromatic rings. The zero-order valence-corrected chi connectivity index (χ0v) is 12.2. The molecule has 0 aliphatic carbocycles. The molecule has 3 rings (SSSR count). The van der Waals surface area contributed by atoms with Gasteiger partial charge in [-0.05, 0) is 23.6 Å². The first-order valence-corrected chi connectivity index (χ1v) is 7.00. The largest absolute Gasteiger partial charge is 0.392 e. The Hall–Kier alpha value is -2.66. The summed E-state index contributed by atoms with van der Waals surface area (Å²) in [6.07, 6.45) is 0.614. The Morgan fingerprint density at radius 2 is 1.86 bits per heavy atom. The van der Waals surface area contributed by atoms with E-state index < -0.39 is 4.92 Å². The number of nitrogen functional groups attached to an aromatic ring is 1. The summed E-state index contributed by atoms with van der Waals surface area (Å²) in [4.78, 5) is 14.7. The minimum absolute atomic E-state index is 0.0616. The van der Waals surface area contributed by atoms with Crippen LogP contribution in [0.2, 0.25) is 5.15 Å². The van der Waals surface area contributed by atoms with Crippen molar-refractivity contribution in [2.24, 2.45) is 0 Å². The molecule has 1 aromatic heterocycles. The second-order valence-electron chi connectivity index (χ2n) is 4.90. The van der Waals surface area contributed by atoms with Gasteiger partial charge in [-0.15, -0.1) is 0 Å². The number of hydrogen-bond donors (Lipinski definition) is 1. The molecule has 0 aliphatic heterocycles. The van der Waals surface area contributed by atoms with Crippen molar-refractivity contribution >= 4 is 33.9 Å². The third kappa shape index (κ3) is 2.46. The maximum Gasteiger partial charge on any atom is 0.329 e. The summed E-state index contributed by atoms with van der Waals surface area (Å²) in [6, 6.07) is 15.3. The SMILES string of the molecule is Nc1c([N+](=O)[O-])c(Cl)nc2cccc(Cc3ccccc3)c12. The number of pyridine rings is 1. The van der Waals surface area contributed by atoms with E-state index in [9.17, 15) is 10.1 Å². The van der Waals surface area contributed by atoms with Gasteiger partial charge in [-0.3, -0.25) is 10.1 Å². The molecule has 2 N–H and O–H groups in total. The summed E-state index contributed by atoms with van der Waals surface area (Å²) in [5, 5.41) is 11.6. The van der Waals surface area contributed by atoms with E-state index in [1.807, 2.05) is 42.5 Å². The van der Waals surface area contributed by atoms with E-state index in [0.29, 0.717) is 17.3 Å². The van der Waals surface area contributed by atoms with Crippen LogP contribution in [0.15, 0.2) is 48.5 Å². The molecule has 1 heterocycles. The fourth-order valence-corrected chi connectivity index (χ4v) is 2.78. The molecule has 0 radical (unpaired) electrons. The number of nitrogens with zero attached hydrogens (tertiary/aromatic N) is 2. The molecule has 22 heavy (non-hydrogen) atoms. The molecular formula is C16H12ClN3O2. The van der Waals surface area contributed by atoms with Gasteiger partial charge < -0.3 is 5.73 Å². The van der Waals surface area contributed by atoms with Crippen molar-refractivity contribution in [1.82, 2.24) is 4.98 Å². The Morgan fingerprint density at radius 3 is 2.55 bits per heavy atom. The minimum Gasteiger partial charge on any atom is -0.392 e. The topological polar surface area (TPSA) is 82.0 Å². The molecule has 0 saturated heterocycles. The van der Waals surface area contributed by atoms with Crippen molar-refractivity contribution in [3.8, 4) is 0 Å². The van der Waals surface area contributed by atoms with Crippen molar-refractivity contribution < 1.29 is 4.92 Å². The average Bonchev–Trinajstić information content (AvgIpc) is 2.47. The minimum atomic E-state index is -0.594. The van der Waals surface area contributed by atoms with Crippen LogP contribution in [0, 0.1) is 10.1 Å². The normalized spacial score (nSPS) is 10.8. The molecule has 0 saturated carbocycles. The van der Waals surface area contributed by atoms with Gasteiger partial charge in [0.2, 0.25) is 5.15 Å². The monoisotopic (exact) mass is 313 g/mol. The number of hydrogen-bond acceptors (Lipinski definition) is 4. The molecule has 0 fully saturated rings. The van der Waals surface area contributed by atoms with Crippen molar-refractivity contribution in [1.29, 1.82) is 0 Å². The number of halogens is 1. The number of rotatable bonds is 3. The standard InChI is InChI=1S/C16H12ClN3O2/c17-16-15(20(21)22)14(18)13-11(7-4-8-12(13)19-16)9-10-5-2-1-3-6-10/h1-8H,9H2,(H2,18,19). The molecule has 0 spiro atoms. The Morgan fingerprint density at radius 1 is 1.14 bits per heavy atom. The Kier molecular flexibility index (Phi) is 3.65. The fourth-order valence-electron chi connectivity index (χ4n) is 2.52. The summed E-state index contributed by atoms with van der Waals surface area (Å²) in [5.41, 5.74) is 8.26. The summed E-state index contributed by atoms with van der Waals surface area (Å²) in [7, 11) is 0. The predicted molar refractivity (Wildman–Crippen MR) is 87.1 cm³/mol. The molecular weight excluding hydrogens is 302 g/mol. The first-order chi connectivity index (χ1) is 10.6. The molecule has 0 atom stereocenters. The highest BCUT2D eigenvalue weighted by Gasteiger charge is 2.23. The summed E-state index contributed by atoms with van der Waals surface area (Å²) in [6.45, 7) is 0. The van der Waals surface area contributed by atoms with Gasteiger partial charge in [0.15, 0.2) is 0 Å². The van der Waals surface area contributed by atoms with E-state index in [1.54, 1.807) is 6.07 Å². The van der Waals surface area contributed by atoms with Crippen LogP contribution < -0.4 is 5.73 Å². The van der Waals surface area contributed by atoms with Crippen LogP contribution in [0.4, 0.5) is 11.4 Å². The van der Waals surface area contributed by atoms with Crippen LogP contribution in [0.5, 0.6) is 0 Å². The van der Waals surface area contributed by atoms with Gasteiger partial charge in [0, 0.05) is 5.39 Å². The molecule has 0 amide bonds. The number of fused-ring (bicyclic) bond motifs is 1. The summed E-state index contributed by atoms with van der Waals surface area (Å²) < 4.78 is 0. The maximum atomic E-state index is 11.2. The van der Waals surface area contributed by atoms with Crippen LogP contribution in [0.25, 0.3) is 10.9 Å². The highest BCUT2D eigenvalue weighted by atomic mass is 35.5. The Bertz CT molecular complexity index is 866. The highest BCUT2D eigenvalue weighted by molar-refractivity contribution is 6.33. The van der Waals surface area contributed by atoms with Crippen LogP contribution in [-0.2, 0) is 6.42 Å². The van der Waals surface area contributed by atoms with E-state index in [0.717, 1.165) is 11.1 Å². The van der Waals surface area contributed by atoms with Crippen molar-refractivity contribution in [3.05, 3.63) is 74.9 Å². The van der Waals surface area contributed by atoms with Crippen LogP contribution >= 0.6 is 11.6 Å². The average molecular weight is 314 g/mol. The van der Waals surface area contributed by atoms with Crippen LogP contribution in [-0.4, -0.2) is 9.91 Å². The number of anilines is 1. The lowest BCUT2D eigenvalue weighted by Gasteiger charge is -2.10. The zero-order valence-electron chi connectivity index (χ0n) is 11.5. The first kappa shape index (κ1) is 14.3. The van der Waals surface area contributed by atoms with E-state index >= 15 is 0 Å². The van der Waals surface area contributed by atoms with E-state index in [-0.39, 0.29) is 16.5 Å². The second kappa shape index (κ2) is 5.61. The first-order valence-electron chi connectivity index (χ1n) is 6.63. The van der Waals surface area contributed by atoms with Crippen molar-refractivity contribution in [2.45, 2.75) is 6.42 Å². The lowest BCUT2D eigenvalue weighted by molar-refractivity contribution is -0.383. The van der Waals surface area contributed by atoms with Gasteiger partial charge in [0.1, 0.15) is 5.69 Å². The lowest BCUT2D eigenvalue weighted by Crippen LogP contribution is -2.02. The summed E-state index contributed by atoms with van der Waals surface area (Å²) >= 11 is 5.88. The van der Waals surface area contributed by atoms with Gasteiger partial charge in [-0.25, -0.2) is 4.98 Å². The van der Waals surface area contributed by atoms with Gasteiger partial charge >= 0.3 is 5.69 Å². The predicted octanol–water partition coefficient (Wildman–Crippen LogP) is 3.97. The molecule has 2 aromatic carbocycles. The van der Waals surface area contributed by atoms with Gasteiger partial charge in [0.25, 0.3) is 0 Å².